The van der Waals surface area contributed by atoms with Gasteiger partial charge in [-0.1, -0.05) is 224 Å². The average molecular weight is 1050 g/mol. The largest absolute Gasteiger partial charge is 0.515 e. The normalized spacial score (nSPS) is 33.3. The highest BCUT2D eigenvalue weighted by atomic mass is 28.6. The zero-order valence-corrected chi connectivity index (χ0v) is 44.5. The van der Waals surface area contributed by atoms with Gasteiger partial charge in [0.25, 0.3) is 0 Å². The van der Waals surface area contributed by atoms with Gasteiger partial charge in [0.1, 0.15) is 0 Å². The molecule has 6 aliphatic rings. The van der Waals surface area contributed by atoms with Crippen molar-refractivity contribution in [1.82, 2.24) is 0 Å². The lowest BCUT2D eigenvalue weighted by atomic mass is 10.3. The SMILES string of the molecule is Nc1ccc([Si]23O[Si]4(c5ccccc5)O[Si]5(c6ccccc6)O[Si]6(c7ccccc7)O[Si](c7ccccc7)(O4)O[Si](c4ccccc4)(O[Si](c4ccccc4)(O6)O[Si](c4ccccc4)(O5)O2)O3)cc1. The third kappa shape index (κ3) is 7.11. The Hall–Kier alpha value is -5.18. The van der Waals surface area contributed by atoms with Gasteiger partial charge in [-0.25, -0.2) is 0 Å². The summed E-state index contributed by atoms with van der Waals surface area (Å²) < 4.78 is 97.2. The van der Waals surface area contributed by atoms with E-state index in [-0.39, 0.29) is 0 Å². The summed E-state index contributed by atoms with van der Waals surface area (Å²) in [4.78, 5) is 0. The van der Waals surface area contributed by atoms with E-state index in [1.165, 1.54) is 0 Å². The van der Waals surface area contributed by atoms with Gasteiger partial charge in [-0.2, -0.15) is 0 Å². The summed E-state index contributed by atoms with van der Waals surface area (Å²) in [6.07, 6.45) is 0. The van der Waals surface area contributed by atoms with E-state index in [1.807, 2.05) is 224 Å². The van der Waals surface area contributed by atoms with Crippen molar-refractivity contribution in [3.05, 3.63) is 237 Å². The zero-order chi connectivity index (χ0) is 46.3. The van der Waals surface area contributed by atoms with Crippen LogP contribution in [0.5, 0.6) is 0 Å². The summed E-state index contributed by atoms with van der Waals surface area (Å²) in [6.45, 7) is 0. The van der Waals surface area contributed by atoms with Gasteiger partial charge < -0.3 is 55.1 Å². The first-order chi connectivity index (χ1) is 33.7. The van der Waals surface area contributed by atoms with E-state index in [1.54, 1.807) is 12.1 Å². The molecular weight excluding hydrogens is 1010 g/mol. The fraction of sp³-hybridized carbons (Fsp3) is 0. The van der Waals surface area contributed by atoms with Gasteiger partial charge in [0.15, 0.2) is 0 Å². The van der Waals surface area contributed by atoms with E-state index in [0.717, 1.165) is 0 Å². The molecule has 0 radical (unpaired) electrons. The molecule has 8 aromatic carbocycles. The number of rotatable bonds is 8. The predicted molar refractivity (Wildman–Crippen MR) is 272 cm³/mol. The Labute approximate surface area is 407 Å². The first-order valence-electron chi connectivity index (χ1n) is 22.4. The van der Waals surface area contributed by atoms with E-state index in [0.29, 0.717) is 47.2 Å². The molecule has 0 unspecified atom stereocenters. The second-order valence-electron chi connectivity index (χ2n) is 16.9. The Balaban J connectivity index is 1.26. The number of hydrogen-bond donors (Lipinski definition) is 1. The van der Waals surface area contributed by atoms with Gasteiger partial charge >= 0.3 is 70.4 Å². The number of nitrogens with two attached hydrogens (primary N) is 1. The van der Waals surface area contributed by atoms with Crippen LogP contribution in [0.1, 0.15) is 0 Å². The lowest BCUT2D eigenvalue weighted by Gasteiger charge is -2.62. The topological polar surface area (TPSA) is 137 Å². The number of anilines is 1. The summed E-state index contributed by atoms with van der Waals surface area (Å²) in [7, 11) is -38.2. The van der Waals surface area contributed by atoms with Crippen LogP contribution in [0, 0.1) is 0 Å². The van der Waals surface area contributed by atoms with Gasteiger partial charge in [-0.3, -0.25) is 0 Å². The Morgan fingerprint density at radius 1 is 0.174 bits per heavy atom. The van der Waals surface area contributed by atoms with Crippen LogP contribution in [0.15, 0.2) is 237 Å². The van der Waals surface area contributed by atoms with Gasteiger partial charge in [0.2, 0.25) is 0 Å². The molecule has 2 N–H and O–H groups in total. The fourth-order valence-electron chi connectivity index (χ4n) is 9.22. The van der Waals surface area contributed by atoms with Crippen molar-refractivity contribution in [2.24, 2.45) is 0 Å². The molecule has 6 saturated heterocycles. The third-order valence-electron chi connectivity index (χ3n) is 12.4. The van der Waals surface area contributed by atoms with Gasteiger partial charge in [0, 0.05) is 47.2 Å². The van der Waals surface area contributed by atoms with Crippen LogP contribution < -0.4 is 47.2 Å². The van der Waals surface area contributed by atoms with Crippen LogP contribution in [0.2, 0.25) is 0 Å². The molecule has 6 heterocycles. The molecular formula is C48H41NO12Si8. The van der Waals surface area contributed by atoms with Gasteiger partial charge in [-0.15, -0.1) is 0 Å². The van der Waals surface area contributed by atoms with Crippen molar-refractivity contribution in [2.75, 3.05) is 5.73 Å². The van der Waals surface area contributed by atoms with E-state index in [4.69, 9.17) is 55.1 Å². The molecule has 69 heavy (non-hydrogen) atoms. The molecule has 0 aromatic heterocycles. The fourth-order valence-corrected chi connectivity index (χ4v) is 55.3. The Bertz CT molecular complexity index is 2840. The Morgan fingerprint density at radius 2 is 0.304 bits per heavy atom. The van der Waals surface area contributed by atoms with Crippen LogP contribution in [-0.2, 0) is 49.4 Å². The molecule has 6 aliphatic heterocycles. The highest BCUT2D eigenvalue weighted by Crippen LogP contribution is 2.48. The molecule has 13 nitrogen and oxygen atoms in total. The molecule has 14 rings (SSSR count). The van der Waals surface area contributed by atoms with Crippen LogP contribution in [0.3, 0.4) is 0 Å². The quantitative estimate of drug-likeness (QED) is 0.177. The van der Waals surface area contributed by atoms with Crippen molar-refractivity contribution in [3.63, 3.8) is 0 Å². The van der Waals surface area contributed by atoms with Gasteiger partial charge in [-0.05, 0) is 12.1 Å². The number of nitrogen functional groups attached to an aromatic ring is 1. The maximum absolute atomic E-state index is 8.10. The molecule has 8 aromatic rings. The minimum atomic E-state index is -4.81. The van der Waals surface area contributed by atoms with E-state index in [9.17, 15) is 0 Å². The molecule has 8 bridgehead atoms. The highest BCUT2D eigenvalue weighted by molar-refractivity contribution is 7.14. The molecule has 21 heteroatoms. The minimum absolute atomic E-state index is 0.498. The maximum atomic E-state index is 8.10. The zero-order valence-electron chi connectivity index (χ0n) is 36.5. The van der Waals surface area contributed by atoms with Gasteiger partial charge in [0.05, 0.1) is 0 Å². The first-order valence-corrected chi connectivity index (χ1v) is 36.2. The van der Waals surface area contributed by atoms with E-state index >= 15 is 0 Å². The molecule has 342 valence electrons. The maximum Gasteiger partial charge on any atom is 0.515 e. The molecule has 0 saturated carbocycles. The smallest absolute Gasteiger partial charge is 0.399 e. The molecule has 0 atom stereocenters. The second kappa shape index (κ2) is 16.4. The van der Waals surface area contributed by atoms with Crippen LogP contribution in [0.25, 0.3) is 0 Å². The van der Waals surface area contributed by atoms with Crippen LogP contribution in [-0.4, -0.2) is 70.4 Å². The molecule has 0 amide bonds. The summed E-state index contributed by atoms with van der Waals surface area (Å²) in [5, 5.41) is 4.36. The van der Waals surface area contributed by atoms with Crippen LogP contribution in [0.4, 0.5) is 5.69 Å². The third-order valence-corrected chi connectivity index (χ3v) is 46.5. The number of benzene rings is 8. The minimum Gasteiger partial charge on any atom is -0.399 e. The second-order valence-corrected chi connectivity index (χ2v) is 40.2. The van der Waals surface area contributed by atoms with Crippen molar-refractivity contribution < 1.29 is 49.4 Å². The first kappa shape index (κ1) is 43.8. The summed E-state index contributed by atoms with van der Waals surface area (Å²) in [5.41, 5.74) is 6.98. The van der Waals surface area contributed by atoms with Crippen LogP contribution >= 0.6 is 0 Å². The Morgan fingerprint density at radius 3 is 0.449 bits per heavy atom. The Kier molecular flexibility index (Phi) is 10.4. The standard InChI is InChI=1S/C48H41NO12Si8/c49-40-36-38-48(39-37-40)69-59-66(45-30-16-5-17-31-45)53-63(42-24-10-2-11-25-42)50-62(41-22-8-1-9-23-41)51-64(55-66,43-26-12-3-13-27-43)57-68(61-69,47-34-20-7-21-35-47)58-65(52-62,44-28-14-4-15-29-44)56-67(54-63,60-69)46-32-18-6-19-33-46/h1-39H,49H2. The highest BCUT2D eigenvalue weighted by Gasteiger charge is 2.86. The molecule has 0 spiro atoms. The summed E-state index contributed by atoms with van der Waals surface area (Å²) in [5.74, 6) is 0. The van der Waals surface area contributed by atoms with Crippen molar-refractivity contribution in [3.8, 4) is 0 Å². The number of hydrogen-bond acceptors (Lipinski definition) is 13. The lowest BCUT2D eigenvalue weighted by molar-refractivity contribution is -0.00296. The predicted octanol–water partition coefficient (Wildman–Crippen LogP) is 2.60. The van der Waals surface area contributed by atoms with E-state index in [2.05, 4.69) is 0 Å². The molecule has 0 aliphatic carbocycles. The lowest BCUT2D eigenvalue weighted by Crippen LogP contribution is -2.96. The van der Waals surface area contributed by atoms with Crippen molar-refractivity contribution in [1.29, 1.82) is 0 Å². The van der Waals surface area contributed by atoms with Crippen molar-refractivity contribution >= 4 is 118 Å². The summed E-state index contributed by atoms with van der Waals surface area (Å²) in [6, 6.07) is 74.2. The van der Waals surface area contributed by atoms with E-state index < -0.39 is 70.4 Å². The van der Waals surface area contributed by atoms with Crippen molar-refractivity contribution in [2.45, 2.75) is 0 Å². The summed E-state index contributed by atoms with van der Waals surface area (Å²) >= 11 is 0. The average Bonchev–Trinajstić information content (AvgIpc) is 3.38. The molecule has 6 fully saturated rings. The monoisotopic (exact) mass is 1050 g/mol.